The van der Waals surface area contributed by atoms with Crippen molar-refractivity contribution in [2.45, 2.75) is 46.5 Å². The lowest BCUT2D eigenvalue weighted by Gasteiger charge is -2.36. The number of hydrogen-bond acceptors (Lipinski definition) is 3. The van der Waals surface area contributed by atoms with Gasteiger partial charge < -0.3 is 11.1 Å². The summed E-state index contributed by atoms with van der Waals surface area (Å²) in [5.74, 6) is 0.0936. The number of amides is 3. The predicted octanol–water partition coefficient (Wildman–Crippen LogP) is 5.03. The van der Waals surface area contributed by atoms with E-state index in [9.17, 15) is 9.59 Å². The van der Waals surface area contributed by atoms with Crippen molar-refractivity contribution in [2.75, 3.05) is 10.6 Å². The van der Waals surface area contributed by atoms with Crippen LogP contribution >= 0.6 is 11.3 Å². The van der Waals surface area contributed by atoms with E-state index in [2.05, 4.69) is 31.4 Å². The Morgan fingerprint density at radius 2 is 1.93 bits per heavy atom. The third-order valence-corrected chi connectivity index (χ3v) is 6.96. The first-order valence-electron chi connectivity index (χ1n) is 9.39. The predicted molar refractivity (Wildman–Crippen MR) is 112 cm³/mol. The van der Waals surface area contributed by atoms with Gasteiger partial charge in [-0.05, 0) is 48.3 Å². The molecule has 0 unspecified atom stereocenters. The maximum Gasteiger partial charge on any atom is 0.324 e. The highest BCUT2D eigenvalue weighted by Crippen LogP contribution is 2.45. The van der Waals surface area contributed by atoms with Gasteiger partial charge in [-0.2, -0.15) is 0 Å². The lowest BCUT2D eigenvalue weighted by atomic mass is 9.69. The lowest BCUT2D eigenvalue weighted by molar-refractivity contribution is 0.1000. The van der Waals surface area contributed by atoms with E-state index in [0.29, 0.717) is 22.2 Å². The van der Waals surface area contributed by atoms with Gasteiger partial charge in [0.15, 0.2) is 0 Å². The zero-order valence-electron chi connectivity index (χ0n) is 16.1. The van der Waals surface area contributed by atoms with Crippen molar-refractivity contribution in [3.05, 3.63) is 46.3 Å². The van der Waals surface area contributed by atoms with Gasteiger partial charge in [0.25, 0.3) is 5.91 Å². The molecule has 1 aromatic carbocycles. The van der Waals surface area contributed by atoms with Crippen molar-refractivity contribution in [3.8, 4) is 0 Å². The molecule has 5 nitrogen and oxygen atoms in total. The van der Waals surface area contributed by atoms with Crippen molar-refractivity contribution >= 4 is 34.0 Å². The average molecular weight is 386 g/mol. The standard InChI is InChI=1S/C21H27N3O2S/c1-4-21(2,3)13-10-11-15-16(12-13)27-19(17(15)18(22)25)24-20(26)23-14-8-6-5-7-9-14/h5-9,13H,4,10-12H2,1-3H3,(H2,22,25)(H2,23,24,26)/t13-/m1/s1. The molecule has 3 rings (SSSR count). The molecule has 27 heavy (non-hydrogen) atoms. The van der Waals surface area contributed by atoms with Crippen LogP contribution in [0.1, 0.15) is 54.4 Å². The third-order valence-electron chi connectivity index (χ3n) is 5.79. The van der Waals surface area contributed by atoms with E-state index in [1.54, 1.807) is 0 Å². The number of carbonyl (C=O) groups excluding carboxylic acids is 2. The van der Waals surface area contributed by atoms with Gasteiger partial charge in [0.05, 0.1) is 5.56 Å². The van der Waals surface area contributed by atoms with Crippen LogP contribution in [0.15, 0.2) is 30.3 Å². The minimum absolute atomic E-state index is 0.257. The number of nitrogens with two attached hydrogens (primary N) is 1. The summed E-state index contributed by atoms with van der Waals surface area (Å²) in [6.07, 6.45) is 3.93. The second-order valence-electron chi connectivity index (χ2n) is 7.80. The fourth-order valence-electron chi connectivity index (χ4n) is 3.68. The smallest absolute Gasteiger partial charge is 0.324 e. The second kappa shape index (κ2) is 7.72. The van der Waals surface area contributed by atoms with Gasteiger partial charge in [0.1, 0.15) is 5.00 Å². The first kappa shape index (κ1) is 19.4. The second-order valence-corrected chi connectivity index (χ2v) is 8.90. The molecule has 1 atom stereocenters. The summed E-state index contributed by atoms with van der Waals surface area (Å²) in [7, 11) is 0. The van der Waals surface area contributed by atoms with Crippen LogP contribution in [0.4, 0.5) is 15.5 Å². The van der Waals surface area contributed by atoms with Crippen LogP contribution in [-0.4, -0.2) is 11.9 Å². The Morgan fingerprint density at radius 1 is 1.22 bits per heavy atom. The SMILES string of the molecule is CCC(C)(C)[C@@H]1CCc2c(sc(NC(=O)Nc3ccccc3)c2C(N)=O)C1. The largest absolute Gasteiger partial charge is 0.365 e. The highest BCUT2D eigenvalue weighted by molar-refractivity contribution is 7.17. The number of rotatable bonds is 5. The molecule has 1 heterocycles. The van der Waals surface area contributed by atoms with Crippen LogP contribution in [0.5, 0.6) is 0 Å². The quantitative estimate of drug-likeness (QED) is 0.674. The maximum absolute atomic E-state index is 12.4. The highest BCUT2D eigenvalue weighted by atomic mass is 32.1. The summed E-state index contributed by atoms with van der Waals surface area (Å²) < 4.78 is 0. The Bertz CT molecular complexity index is 843. The van der Waals surface area contributed by atoms with Crippen LogP contribution in [0.3, 0.4) is 0 Å². The molecule has 1 aromatic heterocycles. The third kappa shape index (κ3) is 4.16. The van der Waals surface area contributed by atoms with E-state index in [1.165, 1.54) is 16.2 Å². The molecule has 2 aromatic rings. The highest BCUT2D eigenvalue weighted by Gasteiger charge is 2.34. The molecule has 6 heteroatoms. The van der Waals surface area contributed by atoms with E-state index in [4.69, 9.17) is 5.73 Å². The van der Waals surface area contributed by atoms with E-state index >= 15 is 0 Å². The molecule has 4 N–H and O–H groups in total. The number of urea groups is 1. The Kier molecular flexibility index (Phi) is 5.56. The molecule has 1 aliphatic carbocycles. The summed E-state index contributed by atoms with van der Waals surface area (Å²) in [6.45, 7) is 6.83. The van der Waals surface area contributed by atoms with Crippen molar-refractivity contribution in [2.24, 2.45) is 17.1 Å². The van der Waals surface area contributed by atoms with Gasteiger partial charge in [-0.1, -0.05) is 45.4 Å². The number of nitrogens with one attached hydrogen (secondary N) is 2. The van der Waals surface area contributed by atoms with Gasteiger partial charge in [-0.15, -0.1) is 11.3 Å². The molecule has 0 aliphatic heterocycles. The number of para-hydroxylation sites is 1. The van der Waals surface area contributed by atoms with Gasteiger partial charge in [-0.3, -0.25) is 10.1 Å². The Hall–Kier alpha value is -2.34. The minimum atomic E-state index is -0.476. The summed E-state index contributed by atoms with van der Waals surface area (Å²) in [4.78, 5) is 25.6. The van der Waals surface area contributed by atoms with E-state index in [-0.39, 0.29) is 11.4 Å². The molecule has 0 spiro atoms. The maximum atomic E-state index is 12.4. The van der Waals surface area contributed by atoms with E-state index in [1.807, 2.05) is 30.3 Å². The zero-order chi connectivity index (χ0) is 19.6. The molecule has 144 valence electrons. The normalized spacial score (nSPS) is 16.5. The molecule has 0 saturated carbocycles. The number of benzene rings is 1. The summed E-state index contributed by atoms with van der Waals surface area (Å²) >= 11 is 1.49. The zero-order valence-corrected chi connectivity index (χ0v) is 16.9. The topological polar surface area (TPSA) is 84.2 Å². The van der Waals surface area contributed by atoms with Gasteiger partial charge in [0, 0.05) is 10.6 Å². The monoisotopic (exact) mass is 385 g/mol. The van der Waals surface area contributed by atoms with E-state index < -0.39 is 5.91 Å². The first-order chi connectivity index (χ1) is 12.8. The summed E-state index contributed by atoms with van der Waals surface area (Å²) in [6, 6.07) is 8.84. The Balaban J connectivity index is 1.82. The summed E-state index contributed by atoms with van der Waals surface area (Å²) in [5, 5.41) is 6.17. The number of fused-ring (bicyclic) bond motifs is 1. The number of primary amides is 1. The lowest BCUT2D eigenvalue weighted by Crippen LogP contribution is -2.29. The minimum Gasteiger partial charge on any atom is -0.365 e. The van der Waals surface area contributed by atoms with Crippen molar-refractivity contribution in [3.63, 3.8) is 0 Å². The van der Waals surface area contributed by atoms with Crippen molar-refractivity contribution < 1.29 is 9.59 Å². The molecule has 0 radical (unpaired) electrons. The molecular formula is C21H27N3O2S. The molecule has 0 bridgehead atoms. The Labute approximate surface area is 164 Å². The number of anilines is 2. The van der Waals surface area contributed by atoms with Crippen LogP contribution in [-0.2, 0) is 12.8 Å². The van der Waals surface area contributed by atoms with Gasteiger partial charge in [-0.25, -0.2) is 4.79 Å². The average Bonchev–Trinajstić information content (AvgIpc) is 2.99. The van der Waals surface area contributed by atoms with Crippen LogP contribution in [0.25, 0.3) is 0 Å². The number of thiophene rings is 1. The number of carbonyl (C=O) groups is 2. The Morgan fingerprint density at radius 3 is 2.56 bits per heavy atom. The summed E-state index contributed by atoms with van der Waals surface area (Å²) in [5.41, 5.74) is 8.10. The van der Waals surface area contributed by atoms with Gasteiger partial charge >= 0.3 is 6.03 Å². The fraction of sp³-hybridized carbons (Fsp3) is 0.429. The molecule has 3 amide bonds. The molecular weight excluding hydrogens is 358 g/mol. The van der Waals surface area contributed by atoms with E-state index in [0.717, 1.165) is 31.2 Å². The van der Waals surface area contributed by atoms with Gasteiger partial charge in [0.2, 0.25) is 0 Å². The first-order valence-corrected chi connectivity index (χ1v) is 10.2. The molecule has 0 fully saturated rings. The number of hydrogen-bond donors (Lipinski definition) is 3. The van der Waals surface area contributed by atoms with Crippen LogP contribution in [0.2, 0.25) is 0 Å². The molecule has 1 aliphatic rings. The van der Waals surface area contributed by atoms with Crippen molar-refractivity contribution in [1.82, 2.24) is 0 Å². The van der Waals surface area contributed by atoms with Crippen LogP contribution < -0.4 is 16.4 Å². The van der Waals surface area contributed by atoms with Crippen molar-refractivity contribution in [1.29, 1.82) is 0 Å². The fourth-order valence-corrected chi connectivity index (χ4v) is 5.01. The van der Waals surface area contributed by atoms with Crippen LogP contribution in [0, 0.1) is 11.3 Å². The molecule has 0 saturated heterocycles.